The number of hydrogen-bond acceptors (Lipinski definition) is 4. The normalized spacial score (nSPS) is 14.0. The van der Waals surface area contributed by atoms with Gasteiger partial charge in [-0.25, -0.2) is 9.37 Å². The monoisotopic (exact) mass is 445 g/mol. The molecule has 1 aliphatic rings. The lowest BCUT2D eigenvalue weighted by molar-refractivity contribution is -0.127. The van der Waals surface area contributed by atoms with Crippen LogP contribution < -0.4 is 0 Å². The molecule has 0 aliphatic carbocycles. The van der Waals surface area contributed by atoms with E-state index in [4.69, 9.17) is 0 Å². The topological polar surface area (TPSA) is 102 Å². The number of piperazine rings is 1. The fraction of sp³-hybridized carbons (Fsp3) is 0.167. The van der Waals surface area contributed by atoms with Gasteiger partial charge in [0.05, 0.1) is 11.1 Å². The van der Waals surface area contributed by atoms with E-state index in [0.29, 0.717) is 35.6 Å². The van der Waals surface area contributed by atoms with Crippen molar-refractivity contribution in [2.24, 2.45) is 0 Å². The summed E-state index contributed by atoms with van der Waals surface area (Å²) in [5, 5.41) is 0.0557. The molecule has 1 aliphatic heterocycles. The molecule has 166 valence electrons. The number of fused-ring (bicyclic) bond motifs is 1. The summed E-state index contributed by atoms with van der Waals surface area (Å²) in [5.74, 6) is -1.70. The number of nitrogens with one attached hydrogen (secondary N) is 2. The number of aromatic nitrogens is 3. The van der Waals surface area contributed by atoms with E-state index < -0.39 is 17.5 Å². The van der Waals surface area contributed by atoms with Gasteiger partial charge in [0.2, 0.25) is 0 Å². The Kier molecular flexibility index (Phi) is 5.21. The highest BCUT2D eigenvalue weighted by Crippen LogP contribution is 2.30. The number of carbonyl (C=O) groups is 3. The number of Topliss-reactive ketones (excluding diaryl/α,β-unsaturated/α-hetero) is 1. The fourth-order valence-corrected chi connectivity index (χ4v) is 4.13. The maximum absolute atomic E-state index is 14.7. The summed E-state index contributed by atoms with van der Waals surface area (Å²) in [4.78, 5) is 51.7. The highest BCUT2D eigenvalue weighted by atomic mass is 19.1. The third-order valence-electron chi connectivity index (χ3n) is 5.85. The first-order valence-electron chi connectivity index (χ1n) is 10.5. The highest BCUT2D eigenvalue weighted by Gasteiger charge is 2.31. The van der Waals surface area contributed by atoms with Crippen molar-refractivity contribution in [3.8, 4) is 11.4 Å². The molecule has 2 N–H and O–H groups in total. The molecule has 4 aromatic rings. The second-order valence-electron chi connectivity index (χ2n) is 7.76. The third kappa shape index (κ3) is 3.67. The van der Waals surface area contributed by atoms with Crippen molar-refractivity contribution in [3.05, 3.63) is 78.0 Å². The molecule has 2 amide bonds. The summed E-state index contributed by atoms with van der Waals surface area (Å²) in [6.45, 7) is 1.09. The van der Waals surface area contributed by atoms with Gasteiger partial charge in [-0.1, -0.05) is 18.2 Å². The van der Waals surface area contributed by atoms with Gasteiger partial charge in [-0.05, 0) is 24.3 Å². The number of halogens is 1. The maximum Gasteiger partial charge on any atom is 0.295 e. The third-order valence-corrected chi connectivity index (χ3v) is 5.85. The van der Waals surface area contributed by atoms with Crippen LogP contribution in [0.3, 0.4) is 0 Å². The van der Waals surface area contributed by atoms with Crippen molar-refractivity contribution >= 4 is 28.5 Å². The van der Waals surface area contributed by atoms with Crippen LogP contribution in [0.25, 0.3) is 22.3 Å². The molecule has 0 atom stereocenters. The molecule has 0 radical (unpaired) electrons. The minimum Gasteiger partial charge on any atom is -0.360 e. The number of hydrogen-bond donors (Lipinski definition) is 2. The van der Waals surface area contributed by atoms with Gasteiger partial charge in [0, 0.05) is 61.3 Å². The first kappa shape index (κ1) is 20.6. The Morgan fingerprint density at radius 2 is 1.64 bits per heavy atom. The molecule has 0 saturated carbocycles. The van der Waals surface area contributed by atoms with Crippen molar-refractivity contribution in [3.63, 3.8) is 0 Å². The van der Waals surface area contributed by atoms with Crippen LogP contribution in [0, 0.1) is 5.82 Å². The lowest BCUT2D eigenvalue weighted by Gasteiger charge is -2.34. The van der Waals surface area contributed by atoms with Gasteiger partial charge < -0.3 is 19.8 Å². The minimum atomic E-state index is -0.792. The molecular formula is C24H20FN5O3. The summed E-state index contributed by atoms with van der Waals surface area (Å²) in [5.41, 5.74) is 1.54. The number of carbonyl (C=O) groups excluding carboxylic acids is 3. The van der Waals surface area contributed by atoms with Crippen LogP contribution in [0.5, 0.6) is 0 Å². The van der Waals surface area contributed by atoms with Crippen molar-refractivity contribution in [2.45, 2.75) is 0 Å². The largest absolute Gasteiger partial charge is 0.360 e. The minimum absolute atomic E-state index is 0.0244. The smallest absolute Gasteiger partial charge is 0.295 e. The summed E-state index contributed by atoms with van der Waals surface area (Å²) in [6, 6.07) is 11.7. The number of nitrogens with zero attached hydrogens (tertiary/aromatic N) is 3. The van der Waals surface area contributed by atoms with Crippen LogP contribution in [0.2, 0.25) is 0 Å². The second-order valence-corrected chi connectivity index (χ2v) is 7.76. The summed E-state index contributed by atoms with van der Waals surface area (Å²) >= 11 is 0. The van der Waals surface area contributed by atoms with E-state index in [1.807, 2.05) is 6.07 Å². The first-order valence-corrected chi connectivity index (χ1v) is 10.5. The zero-order valence-electron chi connectivity index (χ0n) is 17.5. The van der Waals surface area contributed by atoms with Gasteiger partial charge >= 0.3 is 0 Å². The number of amides is 2. The maximum atomic E-state index is 14.7. The Balaban J connectivity index is 1.34. The molecule has 9 heteroatoms. The summed E-state index contributed by atoms with van der Waals surface area (Å²) < 4.78 is 14.7. The van der Waals surface area contributed by atoms with Crippen molar-refractivity contribution < 1.29 is 18.8 Å². The van der Waals surface area contributed by atoms with Crippen LogP contribution in [0.4, 0.5) is 4.39 Å². The molecule has 2 aromatic heterocycles. The van der Waals surface area contributed by atoms with E-state index in [2.05, 4.69) is 15.0 Å². The van der Waals surface area contributed by atoms with Gasteiger partial charge in [0.15, 0.2) is 0 Å². The van der Waals surface area contributed by atoms with Crippen LogP contribution in [0.15, 0.2) is 61.1 Å². The lowest BCUT2D eigenvalue weighted by Crippen LogP contribution is -2.52. The number of imidazole rings is 1. The lowest BCUT2D eigenvalue weighted by atomic mass is 10.0. The Morgan fingerprint density at radius 1 is 0.909 bits per heavy atom. The van der Waals surface area contributed by atoms with Crippen LogP contribution in [-0.2, 0) is 4.79 Å². The Hall–Kier alpha value is -4.27. The zero-order chi connectivity index (χ0) is 22.9. The van der Waals surface area contributed by atoms with Crippen LogP contribution in [0.1, 0.15) is 20.7 Å². The van der Waals surface area contributed by atoms with E-state index in [-0.39, 0.29) is 29.9 Å². The number of ketones is 1. The molecule has 1 fully saturated rings. The number of H-pyrrole nitrogens is 2. The molecule has 3 heterocycles. The molecule has 8 nitrogen and oxygen atoms in total. The molecule has 2 aromatic carbocycles. The highest BCUT2D eigenvalue weighted by molar-refractivity contribution is 6.45. The van der Waals surface area contributed by atoms with E-state index in [0.717, 1.165) is 0 Å². The fourth-order valence-electron chi connectivity index (χ4n) is 4.13. The van der Waals surface area contributed by atoms with Gasteiger partial charge in [0.25, 0.3) is 17.6 Å². The van der Waals surface area contributed by atoms with E-state index in [1.165, 1.54) is 17.2 Å². The zero-order valence-corrected chi connectivity index (χ0v) is 17.5. The van der Waals surface area contributed by atoms with Crippen molar-refractivity contribution in [2.75, 3.05) is 26.2 Å². The van der Waals surface area contributed by atoms with Crippen LogP contribution >= 0.6 is 0 Å². The van der Waals surface area contributed by atoms with E-state index >= 15 is 0 Å². The van der Waals surface area contributed by atoms with Gasteiger partial charge in [-0.2, -0.15) is 0 Å². The number of rotatable bonds is 4. The molecule has 0 unspecified atom stereocenters. The predicted octanol–water partition coefficient (Wildman–Crippen LogP) is 2.86. The van der Waals surface area contributed by atoms with Gasteiger partial charge in [-0.15, -0.1) is 0 Å². The number of benzene rings is 2. The number of aromatic amines is 2. The van der Waals surface area contributed by atoms with E-state index in [9.17, 15) is 18.8 Å². The van der Waals surface area contributed by atoms with Crippen molar-refractivity contribution in [1.82, 2.24) is 24.8 Å². The SMILES string of the molecule is O=C(C(=O)N1CCN(C(=O)c2ccccc2)CC1)c1c[nH]c2c(-c3ncc[nH]3)ccc(F)c12. The molecule has 0 bridgehead atoms. The quantitative estimate of drug-likeness (QED) is 0.373. The first-order chi connectivity index (χ1) is 16.0. The molecule has 5 rings (SSSR count). The van der Waals surface area contributed by atoms with Crippen molar-refractivity contribution in [1.29, 1.82) is 0 Å². The molecular weight excluding hydrogens is 425 g/mol. The average Bonchev–Trinajstić information content (AvgIpc) is 3.55. The Bertz CT molecular complexity index is 1340. The van der Waals surface area contributed by atoms with Crippen LogP contribution in [-0.4, -0.2) is 68.5 Å². The van der Waals surface area contributed by atoms with E-state index in [1.54, 1.807) is 47.6 Å². The molecule has 0 spiro atoms. The Labute approximate surface area is 188 Å². The standard InChI is InChI=1S/C24H20FN5O3/c25-18-7-6-16(22-26-8-9-27-22)20-19(18)17(14-28-20)21(31)24(33)30-12-10-29(11-13-30)23(32)15-4-2-1-3-5-15/h1-9,14,28H,10-13H2,(H,26,27). The average molecular weight is 445 g/mol. The Morgan fingerprint density at radius 3 is 2.33 bits per heavy atom. The molecule has 1 saturated heterocycles. The van der Waals surface area contributed by atoms with Gasteiger partial charge in [0.1, 0.15) is 11.6 Å². The summed E-state index contributed by atoms with van der Waals surface area (Å²) in [7, 11) is 0. The summed E-state index contributed by atoms with van der Waals surface area (Å²) in [6.07, 6.45) is 4.58. The second kappa shape index (κ2) is 8.34. The predicted molar refractivity (Wildman–Crippen MR) is 119 cm³/mol. The van der Waals surface area contributed by atoms with Gasteiger partial charge in [-0.3, -0.25) is 14.4 Å². The molecule has 33 heavy (non-hydrogen) atoms.